The number of imidazole rings is 1. The molecule has 9 aromatic carbocycles. The van der Waals surface area contributed by atoms with Crippen molar-refractivity contribution in [3.63, 3.8) is 0 Å². The lowest BCUT2D eigenvalue weighted by molar-refractivity contribution is 1.10. The summed E-state index contributed by atoms with van der Waals surface area (Å²) in [7, 11) is 0. The second-order valence-corrected chi connectivity index (χ2v) is 12.8. The maximum Gasteiger partial charge on any atom is 0.145 e. The molecule has 0 fully saturated rings. The minimum absolute atomic E-state index is 0.938. The summed E-state index contributed by atoms with van der Waals surface area (Å²) < 4.78 is 2.26. The van der Waals surface area contributed by atoms with Crippen molar-refractivity contribution in [1.82, 2.24) is 9.55 Å². The van der Waals surface area contributed by atoms with Gasteiger partial charge in [0.15, 0.2) is 0 Å². The predicted octanol–water partition coefficient (Wildman–Crippen LogP) is 12.6. The van der Waals surface area contributed by atoms with Gasteiger partial charge in [0.25, 0.3) is 0 Å². The number of rotatable bonds is 5. The van der Waals surface area contributed by atoms with Crippen LogP contribution in [0.2, 0.25) is 0 Å². The summed E-state index contributed by atoms with van der Waals surface area (Å²) in [6.07, 6.45) is 0. The first-order chi connectivity index (χ1) is 24.3. The van der Waals surface area contributed by atoms with Crippen LogP contribution in [0.1, 0.15) is 0 Å². The quantitative estimate of drug-likeness (QED) is 0.175. The Kier molecular flexibility index (Phi) is 6.22. The van der Waals surface area contributed by atoms with Crippen molar-refractivity contribution in [3.8, 4) is 50.5 Å². The second kappa shape index (κ2) is 11.0. The van der Waals surface area contributed by atoms with E-state index in [-0.39, 0.29) is 0 Å². The number of benzene rings is 9. The van der Waals surface area contributed by atoms with Crippen LogP contribution in [0, 0.1) is 0 Å². The summed E-state index contributed by atoms with van der Waals surface area (Å²) in [5.74, 6) is 0.938. The van der Waals surface area contributed by atoms with Gasteiger partial charge < -0.3 is 0 Å². The van der Waals surface area contributed by atoms with Gasteiger partial charge >= 0.3 is 0 Å². The number of nitrogens with zero attached hydrogens (tertiary/aromatic N) is 2. The number of hydrogen-bond donors (Lipinski definition) is 0. The molecular formula is C47H30N2. The Morgan fingerprint density at radius 1 is 0.367 bits per heavy atom. The average molecular weight is 623 g/mol. The first kappa shape index (κ1) is 27.6. The highest BCUT2D eigenvalue weighted by molar-refractivity contribution is 6.28. The summed E-state index contributed by atoms with van der Waals surface area (Å²) in [4.78, 5) is 5.11. The molecule has 0 unspecified atom stereocenters. The first-order valence-corrected chi connectivity index (χ1v) is 16.8. The van der Waals surface area contributed by atoms with Crippen LogP contribution in [-0.2, 0) is 0 Å². The predicted molar refractivity (Wildman–Crippen MR) is 207 cm³/mol. The van der Waals surface area contributed by atoms with E-state index in [0.29, 0.717) is 0 Å². The van der Waals surface area contributed by atoms with Gasteiger partial charge in [-0.1, -0.05) is 152 Å². The zero-order valence-corrected chi connectivity index (χ0v) is 26.7. The second-order valence-electron chi connectivity index (χ2n) is 12.8. The van der Waals surface area contributed by atoms with Gasteiger partial charge in [0.2, 0.25) is 0 Å². The molecule has 1 aromatic heterocycles. The lowest BCUT2D eigenvalue weighted by Crippen LogP contribution is -1.97. The fourth-order valence-corrected chi connectivity index (χ4v) is 7.64. The fraction of sp³-hybridized carbons (Fsp3) is 0. The molecule has 228 valence electrons. The molecule has 49 heavy (non-hydrogen) atoms. The van der Waals surface area contributed by atoms with E-state index in [9.17, 15) is 0 Å². The van der Waals surface area contributed by atoms with E-state index in [0.717, 1.165) is 28.1 Å². The summed E-state index contributed by atoms with van der Waals surface area (Å²) >= 11 is 0. The van der Waals surface area contributed by atoms with Crippen LogP contribution in [0.4, 0.5) is 0 Å². The smallest absolute Gasteiger partial charge is 0.145 e. The Hall–Kier alpha value is -6.51. The van der Waals surface area contributed by atoms with Crippen molar-refractivity contribution >= 4 is 43.4 Å². The van der Waals surface area contributed by atoms with E-state index in [2.05, 4.69) is 187 Å². The third-order valence-corrected chi connectivity index (χ3v) is 9.98. The molecule has 0 amide bonds. The van der Waals surface area contributed by atoms with E-state index in [1.807, 2.05) is 0 Å². The van der Waals surface area contributed by atoms with Crippen LogP contribution >= 0.6 is 0 Å². The first-order valence-electron chi connectivity index (χ1n) is 16.8. The molecule has 2 heteroatoms. The van der Waals surface area contributed by atoms with E-state index >= 15 is 0 Å². The zero-order valence-electron chi connectivity index (χ0n) is 26.7. The number of aromatic nitrogens is 2. The molecule has 0 atom stereocenters. The van der Waals surface area contributed by atoms with Crippen molar-refractivity contribution in [2.75, 3.05) is 0 Å². The van der Waals surface area contributed by atoms with E-state index in [1.54, 1.807) is 0 Å². The van der Waals surface area contributed by atoms with Crippen LogP contribution in [0.3, 0.4) is 0 Å². The normalized spacial score (nSPS) is 11.7. The Morgan fingerprint density at radius 3 is 1.55 bits per heavy atom. The zero-order chi connectivity index (χ0) is 32.3. The Bertz CT molecular complexity index is 2760. The highest BCUT2D eigenvalue weighted by Crippen LogP contribution is 2.44. The van der Waals surface area contributed by atoms with Crippen molar-refractivity contribution in [2.24, 2.45) is 0 Å². The van der Waals surface area contributed by atoms with E-state index in [4.69, 9.17) is 4.98 Å². The molecule has 0 bridgehead atoms. The fourth-order valence-electron chi connectivity index (χ4n) is 7.64. The van der Waals surface area contributed by atoms with Crippen molar-refractivity contribution in [2.45, 2.75) is 0 Å². The molecule has 0 aliphatic heterocycles. The molecule has 10 rings (SSSR count). The van der Waals surface area contributed by atoms with Gasteiger partial charge in [-0.2, -0.15) is 0 Å². The molecule has 0 spiro atoms. The number of fused-ring (bicyclic) bond motifs is 1. The van der Waals surface area contributed by atoms with Gasteiger partial charge in [0.1, 0.15) is 5.82 Å². The lowest BCUT2D eigenvalue weighted by Gasteiger charge is -2.18. The highest BCUT2D eigenvalue weighted by atomic mass is 15.1. The van der Waals surface area contributed by atoms with Crippen molar-refractivity contribution < 1.29 is 0 Å². The van der Waals surface area contributed by atoms with E-state index < -0.39 is 0 Å². The third-order valence-electron chi connectivity index (χ3n) is 9.98. The number of para-hydroxylation sites is 3. The van der Waals surface area contributed by atoms with Crippen LogP contribution in [0.5, 0.6) is 0 Å². The number of hydrogen-bond acceptors (Lipinski definition) is 1. The highest BCUT2D eigenvalue weighted by Gasteiger charge is 2.18. The minimum Gasteiger partial charge on any atom is -0.292 e. The maximum atomic E-state index is 5.11. The standard InChI is InChI=1S/C47H30N2/c1-3-10-31(11-4-1)32-18-20-33(21-19-32)41-30-42(40-29-27-36-13-9-12-35-26-28-39(41)46(40)45(35)36)34-22-24-37(25-23-34)47-48-43-16-7-8-17-44(43)49(47)38-14-5-2-6-15-38/h1-30H. The molecule has 0 radical (unpaired) electrons. The van der Waals surface area contributed by atoms with Crippen LogP contribution in [0.25, 0.3) is 93.8 Å². The minimum atomic E-state index is 0.938. The molecule has 0 aliphatic carbocycles. The van der Waals surface area contributed by atoms with Gasteiger partial charge in [-0.05, 0) is 96.0 Å². The monoisotopic (exact) mass is 622 g/mol. The van der Waals surface area contributed by atoms with Gasteiger partial charge in [-0.25, -0.2) is 4.98 Å². The molecule has 0 saturated heterocycles. The molecule has 0 aliphatic rings. The van der Waals surface area contributed by atoms with E-state index in [1.165, 1.54) is 65.7 Å². The molecule has 1 heterocycles. The lowest BCUT2D eigenvalue weighted by atomic mass is 9.85. The SMILES string of the molecule is c1ccc(-c2ccc(-c3cc(-c4ccc(-c5nc6ccccc6n5-c5ccccc5)cc4)c4ccc5cccc6ccc3c4c65)cc2)cc1. The third kappa shape index (κ3) is 4.46. The topological polar surface area (TPSA) is 17.8 Å². The summed E-state index contributed by atoms with van der Waals surface area (Å²) in [5.41, 5.74) is 11.6. The molecular weight excluding hydrogens is 593 g/mol. The molecule has 0 N–H and O–H groups in total. The Balaban J connectivity index is 1.16. The summed E-state index contributed by atoms with van der Waals surface area (Å²) in [6, 6.07) is 65.7. The van der Waals surface area contributed by atoms with Crippen LogP contribution in [-0.4, -0.2) is 9.55 Å². The van der Waals surface area contributed by atoms with Crippen molar-refractivity contribution in [1.29, 1.82) is 0 Å². The van der Waals surface area contributed by atoms with Gasteiger partial charge in [-0.15, -0.1) is 0 Å². The van der Waals surface area contributed by atoms with Gasteiger partial charge in [0.05, 0.1) is 11.0 Å². The van der Waals surface area contributed by atoms with Crippen LogP contribution < -0.4 is 0 Å². The van der Waals surface area contributed by atoms with Gasteiger partial charge in [-0.3, -0.25) is 4.57 Å². The largest absolute Gasteiger partial charge is 0.292 e. The molecule has 0 saturated carbocycles. The van der Waals surface area contributed by atoms with Gasteiger partial charge in [0, 0.05) is 11.3 Å². The average Bonchev–Trinajstić information content (AvgIpc) is 3.57. The summed E-state index contributed by atoms with van der Waals surface area (Å²) in [6.45, 7) is 0. The van der Waals surface area contributed by atoms with Crippen LogP contribution in [0.15, 0.2) is 182 Å². The molecule has 2 nitrogen and oxygen atoms in total. The summed E-state index contributed by atoms with van der Waals surface area (Å²) in [5, 5.41) is 7.75. The van der Waals surface area contributed by atoms with Crippen molar-refractivity contribution in [3.05, 3.63) is 182 Å². The maximum absolute atomic E-state index is 5.11. The Labute approximate surface area is 284 Å². The Morgan fingerprint density at radius 2 is 0.898 bits per heavy atom. The molecule has 10 aromatic rings.